The van der Waals surface area contributed by atoms with Crippen molar-refractivity contribution >= 4 is 0 Å². The number of ether oxygens (including phenoxy) is 1. The molecule has 5 nitrogen and oxygen atoms in total. The smallest absolute Gasteiger partial charge is 0.232 e. The third-order valence-electron chi connectivity index (χ3n) is 2.97. The number of nitrogens with zero attached hydrogens (tertiary/aromatic N) is 2. The lowest BCUT2D eigenvalue weighted by atomic mass is 10.0. The topological polar surface area (TPSA) is 60.2 Å². The molecule has 1 N–H and O–H groups in total. The zero-order valence-electron chi connectivity index (χ0n) is 9.90. The van der Waals surface area contributed by atoms with E-state index in [0.717, 1.165) is 37.6 Å². The molecule has 2 atom stereocenters. The Bertz CT molecular complexity index is 321. The molecular weight excluding hydrogens is 206 g/mol. The average Bonchev–Trinajstić information content (AvgIpc) is 2.78. The Hall–Kier alpha value is -0.940. The Balaban J connectivity index is 1.95. The lowest BCUT2D eigenvalue weighted by Gasteiger charge is -2.18. The van der Waals surface area contributed by atoms with Crippen LogP contribution in [-0.2, 0) is 11.2 Å². The predicted octanol–water partition coefficient (Wildman–Crippen LogP) is 1.11. The predicted molar refractivity (Wildman–Crippen MR) is 59.3 cm³/mol. The molecule has 0 radical (unpaired) electrons. The van der Waals surface area contributed by atoms with Crippen molar-refractivity contribution in [2.45, 2.75) is 38.1 Å². The third-order valence-corrected chi connectivity index (χ3v) is 2.97. The summed E-state index contributed by atoms with van der Waals surface area (Å²) in [6.07, 6.45) is 2.96. The molecule has 0 bridgehead atoms. The van der Waals surface area contributed by atoms with Gasteiger partial charge in [-0.25, -0.2) is 0 Å². The summed E-state index contributed by atoms with van der Waals surface area (Å²) in [6.45, 7) is 3.66. The average molecular weight is 225 g/mol. The summed E-state index contributed by atoms with van der Waals surface area (Å²) in [6, 6.07) is 0.369. The van der Waals surface area contributed by atoms with Gasteiger partial charge in [-0.05, 0) is 26.8 Å². The highest BCUT2D eigenvalue weighted by molar-refractivity contribution is 4.96. The Kier molecular flexibility index (Phi) is 3.90. The van der Waals surface area contributed by atoms with Crippen molar-refractivity contribution in [2.24, 2.45) is 0 Å². The Labute approximate surface area is 95.6 Å². The maximum atomic E-state index is 5.41. The van der Waals surface area contributed by atoms with E-state index in [1.807, 2.05) is 7.05 Å². The molecule has 5 heteroatoms. The lowest BCUT2D eigenvalue weighted by molar-refractivity contribution is 0.0705. The summed E-state index contributed by atoms with van der Waals surface area (Å²) < 4.78 is 10.7. The molecule has 1 fully saturated rings. The van der Waals surface area contributed by atoms with Crippen LogP contribution in [0.1, 0.15) is 37.4 Å². The second kappa shape index (κ2) is 5.41. The molecule has 0 aromatic carbocycles. The van der Waals surface area contributed by atoms with Crippen LogP contribution in [0.5, 0.6) is 0 Å². The molecule has 16 heavy (non-hydrogen) atoms. The molecule has 2 rings (SSSR count). The van der Waals surface area contributed by atoms with Crippen LogP contribution in [0.3, 0.4) is 0 Å². The first-order chi connectivity index (χ1) is 7.79. The van der Waals surface area contributed by atoms with Crippen LogP contribution in [0.4, 0.5) is 0 Å². The number of hydrogen-bond donors (Lipinski definition) is 1. The lowest BCUT2D eigenvalue weighted by Crippen LogP contribution is -2.24. The Morgan fingerprint density at radius 3 is 3.12 bits per heavy atom. The summed E-state index contributed by atoms with van der Waals surface area (Å²) in [4.78, 5) is 4.42. The standard InChI is InChI=1S/C11H19N3O2/c1-8(12-2)6-10-13-11(16-14-10)9-4-3-5-15-7-9/h8-9,12H,3-7H2,1-2H3. The minimum atomic E-state index is 0.292. The fourth-order valence-electron chi connectivity index (χ4n) is 1.83. The quantitative estimate of drug-likeness (QED) is 0.832. The first-order valence-corrected chi connectivity index (χ1v) is 5.87. The Morgan fingerprint density at radius 1 is 1.56 bits per heavy atom. The van der Waals surface area contributed by atoms with Gasteiger partial charge in [0.2, 0.25) is 5.89 Å². The van der Waals surface area contributed by atoms with Crippen LogP contribution < -0.4 is 5.32 Å². The van der Waals surface area contributed by atoms with Gasteiger partial charge in [0, 0.05) is 19.1 Å². The number of nitrogens with one attached hydrogen (secondary N) is 1. The summed E-state index contributed by atoms with van der Waals surface area (Å²) in [7, 11) is 1.93. The van der Waals surface area contributed by atoms with E-state index >= 15 is 0 Å². The third kappa shape index (κ3) is 2.80. The maximum Gasteiger partial charge on any atom is 0.232 e. The molecule has 1 saturated heterocycles. The highest BCUT2D eigenvalue weighted by Gasteiger charge is 2.22. The van der Waals surface area contributed by atoms with Crippen molar-refractivity contribution in [2.75, 3.05) is 20.3 Å². The summed E-state index contributed by atoms with van der Waals surface area (Å²) in [5.41, 5.74) is 0. The van der Waals surface area contributed by atoms with Gasteiger partial charge in [0.15, 0.2) is 5.82 Å². The van der Waals surface area contributed by atoms with Gasteiger partial charge < -0.3 is 14.6 Å². The molecule has 0 amide bonds. The van der Waals surface area contributed by atoms with E-state index in [2.05, 4.69) is 22.4 Å². The normalized spacial score (nSPS) is 23.2. The van der Waals surface area contributed by atoms with Gasteiger partial charge in [-0.2, -0.15) is 4.98 Å². The van der Waals surface area contributed by atoms with E-state index in [0.29, 0.717) is 18.6 Å². The van der Waals surface area contributed by atoms with Crippen LogP contribution in [0, 0.1) is 0 Å². The van der Waals surface area contributed by atoms with Crippen molar-refractivity contribution in [3.63, 3.8) is 0 Å². The molecule has 0 saturated carbocycles. The molecule has 1 aliphatic heterocycles. The SMILES string of the molecule is CNC(C)Cc1noc(C2CCCOC2)n1. The van der Waals surface area contributed by atoms with E-state index in [4.69, 9.17) is 9.26 Å². The van der Waals surface area contributed by atoms with E-state index in [9.17, 15) is 0 Å². The van der Waals surface area contributed by atoms with Crippen molar-refractivity contribution in [1.82, 2.24) is 15.5 Å². The Morgan fingerprint density at radius 2 is 2.44 bits per heavy atom. The second-order valence-corrected chi connectivity index (χ2v) is 4.36. The first-order valence-electron chi connectivity index (χ1n) is 5.87. The van der Waals surface area contributed by atoms with Gasteiger partial charge >= 0.3 is 0 Å². The highest BCUT2D eigenvalue weighted by atomic mass is 16.5. The van der Waals surface area contributed by atoms with Crippen LogP contribution in [0.2, 0.25) is 0 Å². The second-order valence-electron chi connectivity index (χ2n) is 4.36. The number of aromatic nitrogens is 2. The van der Waals surface area contributed by atoms with E-state index in [1.165, 1.54) is 0 Å². The van der Waals surface area contributed by atoms with Crippen molar-refractivity contribution in [3.05, 3.63) is 11.7 Å². The monoisotopic (exact) mass is 225 g/mol. The zero-order chi connectivity index (χ0) is 11.4. The fourth-order valence-corrected chi connectivity index (χ4v) is 1.83. The molecule has 0 spiro atoms. The molecule has 2 unspecified atom stereocenters. The van der Waals surface area contributed by atoms with Crippen LogP contribution >= 0.6 is 0 Å². The van der Waals surface area contributed by atoms with E-state index < -0.39 is 0 Å². The fraction of sp³-hybridized carbons (Fsp3) is 0.818. The molecule has 2 heterocycles. The summed E-state index contributed by atoms with van der Waals surface area (Å²) in [5.74, 6) is 1.81. The van der Waals surface area contributed by atoms with Crippen LogP contribution in [0.25, 0.3) is 0 Å². The molecule has 1 aromatic heterocycles. The van der Waals surface area contributed by atoms with Crippen LogP contribution in [0.15, 0.2) is 4.52 Å². The highest BCUT2D eigenvalue weighted by Crippen LogP contribution is 2.23. The maximum absolute atomic E-state index is 5.41. The van der Waals surface area contributed by atoms with Gasteiger partial charge in [-0.15, -0.1) is 0 Å². The zero-order valence-corrected chi connectivity index (χ0v) is 9.90. The van der Waals surface area contributed by atoms with Crippen molar-refractivity contribution in [3.8, 4) is 0 Å². The van der Waals surface area contributed by atoms with Gasteiger partial charge in [-0.1, -0.05) is 5.16 Å². The number of rotatable bonds is 4. The van der Waals surface area contributed by atoms with Crippen molar-refractivity contribution in [1.29, 1.82) is 0 Å². The van der Waals surface area contributed by atoms with Gasteiger partial charge in [0.25, 0.3) is 0 Å². The van der Waals surface area contributed by atoms with E-state index in [1.54, 1.807) is 0 Å². The largest absolute Gasteiger partial charge is 0.381 e. The van der Waals surface area contributed by atoms with Gasteiger partial charge in [0.1, 0.15) is 0 Å². The van der Waals surface area contributed by atoms with Crippen molar-refractivity contribution < 1.29 is 9.26 Å². The van der Waals surface area contributed by atoms with Crippen LogP contribution in [-0.4, -0.2) is 36.4 Å². The summed E-state index contributed by atoms with van der Waals surface area (Å²) in [5, 5.41) is 7.15. The number of likely N-dealkylation sites (N-methyl/N-ethyl adjacent to an activating group) is 1. The number of hydrogen-bond acceptors (Lipinski definition) is 5. The summed E-state index contributed by atoms with van der Waals surface area (Å²) >= 11 is 0. The molecule has 0 aliphatic carbocycles. The van der Waals surface area contributed by atoms with E-state index in [-0.39, 0.29) is 0 Å². The molecule has 90 valence electrons. The van der Waals surface area contributed by atoms with Gasteiger partial charge in [0.05, 0.1) is 12.5 Å². The minimum Gasteiger partial charge on any atom is -0.381 e. The first kappa shape index (κ1) is 11.5. The van der Waals surface area contributed by atoms with Gasteiger partial charge in [-0.3, -0.25) is 0 Å². The molecule has 1 aromatic rings. The molecule has 1 aliphatic rings. The minimum absolute atomic E-state index is 0.292. The molecular formula is C11H19N3O2.